The highest BCUT2D eigenvalue weighted by Crippen LogP contribution is 2.44. The first-order valence-corrected chi connectivity index (χ1v) is 37.2. The molecule has 0 fully saturated rings. The molecule has 0 bridgehead atoms. The minimum Gasteiger partial charge on any atom is -0.309 e. The van der Waals surface area contributed by atoms with E-state index < -0.39 is 0 Å². The van der Waals surface area contributed by atoms with Crippen LogP contribution in [0.15, 0.2) is 388 Å². The highest BCUT2D eigenvalue weighted by atomic mass is 15.0. The summed E-state index contributed by atoms with van der Waals surface area (Å²) in [6, 6.07) is 144. The SMILES string of the molecule is c1cc(-c2cccc(-n3c4ccccc4c4cc(-c5ccc6c7ccc(-c8ccc9c%10ccccc%10n(-c%10ccc(-c%11ccc(-n%12c%13ccccc%13c%13ccccc%13%12)cc%11)cc%10)c9c8)cc7n(-c7cccc(-n8c9ccccc9c9ccccc98)c7)c6c5)ccc43)c2)cc(-n2c3ccccc3c3ccccc32)c1. The molecule has 0 saturated heterocycles. The van der Waals surface area contributed by atoms with Gasteiger partial charge in [-0.15, -0.1) is 0 Å². The Labute approximate surface area is 621 Å². The molecule has 0 amide bonds. The van der Waals surface area contributed by atoms with Crippen molar-refractivity contribution in [1.29, 1.82) is 0 Å². The van der Waals surface area contributed by atoms with Crippen LogP contribution in [0.2, 0.25) is 0 Å². The molecule has 0 N–H and O–H groups in total. The largest absolute Gasteiger partial charge is 0.309 e. The summed E-state index contributed by atoms with van der Waals surface area (Å²) in [5, 5.41) is 14.8. The molecule has 0 aliphatic carbocycles. The Bertz CT molecular complexity index is 7510. The molecule has 0 radical (unpaired) electrons. The van der Waals surface area contributed by atoms with Crippen molar-refractivity contribution in [2.24, 2.45) is 0 Å². The van der Waals surface area contributed by atoms with Crippen LogP contribution in [0, 0.1) is 0 Å². The normalized spacial score (nSPS) is 12.1. The average Bonchev–Trinajstić information content (AvgIpc) is 1.59. The minimum atomic E-state index is 1.08. The molecule has 6 heteroatoms. The van der Waals surface area contributed by atoms with Crippen molar-refractivity contribution >= 4 is 131 Å². The van der Waals surface area contributed by atoms with Gasteiger partial charge < -0.3 is 27.4 Å². The molecule has 0 aliphatic heterocycles. The summed E-state index contributed by atoms with van der Waals surface area (Å²) in [6.07, 6.45) is 0. The molecule has 0 atom stereocenters. The number of fused-ring (bicyclic) bond motifs is 18. The first-order valence-electron chi connectivity index (χ1n) is 37.2. The van der Waals surface area contributed by atoms with Crippen LogP contribution in [0.25, 0.3) is 209 Å². The van der Waals surface area contributed by atoms with Gasteiger partial charge in [0.05, 0.1) is 66.2 Å². The van der Waals surface area contributed by atoms with Crippen molar-refractivity contribution in [1.82, 2.24) is 27.4 Å². The fourth-order valence-corrected chi connectivity index (χ4v) is 18.1. The zero-order valence-electron chi connectivity index (χ0n) is 58.6. The Morgan fingerprint density at radius 2 is 0.315 bits per heavy atom. The van der Waals surface area contributed by atoms with Gasteiger partial charge in [0.25, 0.3) is 0 Å². The topological polar surface area (TPSA) is 29.6 Å². The van der Waals surface area contributed by atoms with Crippen molar-refractivity contribution in [3.63, 3.8) is 0 Å². The number of hydrogen-bond donors (Lipinski definition) is 0. The van der Waals surface area contributed by atoms with Gasteiger partial charge in [0.15, 0.2) is 0 Å². The van der Waals surface area contributed by atoms with E-state index in [0.29, 0.717) is 0 Å². The second-order valence-electron chi connectivity index (χ2n) is 28.8. The standard InChI is InChI=1S/C102H64N6/c1-9-34-91-79(26-1)80-27-2-10-35-92(80)103(91)73-50-42-65(43-51-73)66-44-52-74(53-45-66)104-93-36-11-7-32-85(93)87-54-47-71(62-100(87)104)72-48-56-89-88-55-46-70(61-101(88)108(102(89)63-72)78-25-19-24-77(64-78)107-96-39-14-5-30-83(96)84-31-6-15-40-97(84)107)69-49-57-99-90(60-69)86-33-8-16-41-98(86)106(99)76-23-18-21-68(59-76)67-20-17-22-75(58-67)105-94-37-12-3-28-81(94)82-29-4-13-38-95(82)105/h1-64H. The van der Waals surface area contributed by atoms with Crippen LogP contribution >= 0.6 is 0 Å². The molecule has 108 heavy (non-hydrogen) atoms. The van der Waals surface area contributed by atoms with Gasteiger partial charge in [-0.1, -0.05) is 243 Å². The summed E-state index contributed by atoms with van der Waals surface area (Å²) >= 11 is 0. The van der Waals surface area contributed by atoms with Crippen LogP contribution in [0.3, 0.4) is 0 Å². The lowest BCUT2D eigenvalue weighted by molar-refractivity contribution is 1.13. The van der Waals surface area contributed by atoms with E-state index in [1.165, 1.54) is 120 Å². The zero-order valence-corrected chi connectivity index (χ0v) is 58.6. The van der Waals surface area contributed by atoms with Crippen molar-refractivity contribution in [2.45, 2.75) is 0 Å². The maximum absolute atomic E-state index is 2.51. The predicted molar refractivity (Wildman–Crippen MR) is 454 cm³/mol. The van der Waals surface area contributed by atoms with E-state index in [0.717, 1.165) is 89.6 Å². The van der Waals surface area contributed by atoms with E-state index in [4.69, 9.17) is 0 Å². The van der Waals surface area contributed by atoms with Crippen LogP contribution < -0.4 is 0 Å². The minimum absolute atomic E-state index is 1.08. The van der Waals surface area contributed by atoms with Gasteiger partial charge >= 0.3 is 0 Å². The summed E-state index contributed by atoms with van der Waals surface area (Å²) in [5.41, 5.74) is 30.1. The molecule has 0 unspecified atom stereocenters. The zero-order chi connectivity index (χ0) is 70.7. The summed E-state index contributed by atoms with van der Waals surface area (Å²) in [4.78, 5) is 0. The molecule has 0 saturated carbocycles. The molecule has 23 rings (SSSR count). The van der Waals surface area contributed by atoms with Gasteiger partial charge in [-0.2, -0.15) is 0 Å². The van der Waals surface area contributed by atoms with Gasteiger partial charge in [-0.3, -0.25) is 0 Å². The Morgan fingerprint density at radius 1 is 0.102 bits per heavy atom. The van der Waals surface area contributed by atoms with Crippen LogP contribution in [-0.4, -0.2) is 27.4 Å². The van der Waals surface area contributed by atoms with E-state index in [9.17, 15) is 0 Å². The van der Waals surface area contributed by atoms with E-state index >= 15 is 0 Å². The van der Waals surface area contributed by atoms with Crippen molar-refractivity contribution in [3.8, 4) is 78.6 Å². The van der Waals surface area contributed by atoms with Crippen molar-refractivity contribution < 1.29 is 0 Å². The highest BCUT2D eigenvalue weighted by molar-refractivity contribution is 6.16. The maximum atomic E-state index is 2.51. The molecule has 0 spiro atoms. The fourth-order valence-electron chi connectivity index (χ4n) is 18.1. The number of aromatic nitrogens is 6. The van der Waals surface area contributed by atoms with Gasteiger partial charge in [0.2, 0.25) is 0 Å². The molecular weight excluding hydrogens is 1310 g/mol. The first kappa shape index (κ1) is 60.0. The molecule has 0 aliphatic rings. The summed E-state index contributed by atoms with van der Waals surface area (Å²) in [6.45, 7) is 0. The first-order chi connectivity index (χ1) is 53.6. The molecule has 6 aromatic heterocycles. The van der Waals surface area contributed by atoms with Crippen LogP contribution in [0.5, 0.6) is 0 Å². The van der Waals surface area contributed by atoms with Crippen molar-refractivity contribution in [3.05, 3.63) is 388 Å². The molecule has 23 aromatic rings. The lowest BCUT2D eigenvalue weighted by Crippen LogP contribution is -1.99. The molecule has 6 nitrogen and oxygen atoms in total. The molecule has 6 heterocycles. The maximum Gasteiger partial charge on any atom is 0.0547 e. The molecular formula is C102H64N6. The fraction of sp³-hybridized carbons (Fsp3) is 0. The lowest BCUT2D eigenvalue weighted by Gasteiger charge is -2.14. The quantitative estimate of drug-likeness (QED) is 0.131. The summed E-state index contributed by atoms with van der Waals surface area (Å²) < 4.78 is 14.6. The number of benzene rings is 17. The third-order valence-corrected chi connectivity index (χ3v) is 23.0. The van der Waals surface area contributed by atoms with Gasteiger partial charge in [-0.05, 0) is 190 Å². The summed E-state index contributed by atoms with van der Waals surface area (Å²) in [7, 11) is 0. The third kappa shape index (κ3) is 9.08. The second-order valence-corrected chi connectivity index (χ2v) is 28.8. The highest BCUT2D eigenvalue weighted by Gasteiger charge is 2.23. The number of rotatable bonds is 10. The number of nitrogens with zero attached hydrogens (tertiary/aromatic N) is 6. The summed E-state index contributed by atoms with van der Waals surface area (Å²) in [5.74, 6) is 0. The average molecular weight is 1370 g/mol. The molecule has 17 aromatic carbocycles. The lowest BCUT2D eigenvalue weighted by atomic mass is 10.00. The monoisotopic (exact) mass is 1370 g/mol. The van der Waals surface area contributed by atoms with E-state index in [2.05, 4.69) is 416 Å². The third-order valence-electron chi connectivity index (χ3n) is 23.0. The van der Waals surface area contributed by atoms with Crippen LogP contribution in [-0.2, 0) is 0 Å². The van der Waals surface area contributed by atoms with E-state index in [1.807, 2.05) is 0 Å². The number of hydrogen-bond acceptors (Lipinski definition) is 0. The predicted octanol–water partition coefficient (Wildman–Crippen LogP) is 26.9. The Balaban J connectivity index is 0.641. The van der Waals surface area contributed by atoms with E-state index in [-0.39, 0.29) is 0 Å². The van der Waals surface area contributed by atoms with Crippen molar-refractivity contribution in [2.75, 3.05) is 0 Å². The van der Waals surface area contributed by atoms with Gasteiger partial charge in [0.1, 0.15) is 0 Å². The Kier molecular flexibility index (Phi) is 13.1. The van der Waals surface area contributed by atoms with E-state index in [1.54, 1.807) is 0 Å². The van der Waals surface area contributed by atoms with Crippen LogP contribution in [0.4, 0.5) is 0 Å². The van der Waals surface area contributed by atoms with Gasteiger partial charge in [-0.25, -0.2) is 0 Å². The Morgan fingerprint density at radius 3 is 0.648 bits per heavy atom. The number of para-hydroxylation sites is 8. The van der Waals surface area contributed by atoms with Crippen LogP contribution in [0.1, 0.15) is 0 Å². The smallest absolute Gasteiger partial charge is 0.0547 e. The Hall–Kier alpha value is -14.5. The van der Waals surface area contributed by atoms with Gasteiger partial charge in [0, 0.05) is 98.8 Å². The second kappa shape index (κ2) is 23.5. The molecule has 502 valence electrons.